The van der Waals surface area contributed by atoms with Crippen LogP contribution in [0.5, 0.6) is 0 Å². The molecule has 0 aliphatic heterocycles. The maximum absolute atomic E-state index is 11.7. The van der Waals surface area contributed by atoms with Crippen LogP contribution >= 0.6 is 27.3 Å². The van der Waals surface area contributed by atoms with E-state index in [-0.39, 0.29) is 5.91 Å². The van der Waals surface area contributed by atoms with Crippen molar-refractivity contribution in [1.29, 1.82) is 0 Å². The summed E-state index contributed by atoms with van der Waals surface area (Å²) < 4.78 is 1.04. The Morgan fingerprint density at radius 1 is 1.28 bits per heavy atom. The monoisotopic (exact) mass is 322 g/mol. The molecule has 18 heavy (non-hydrogen) atoms. The first-order chi connectivity index (χ1) is 8.65. The second-order valence-corrected chi connectivity index (χ2v) is 6.20. The first kappa shape index (κ1) is 13.0. The largest absolute Gasteiger partial charge is 0.271 e. The van der Waals surface area contributed by atoms with Gasteiger partial charge in [-0.2, -0.15) is 5.10 Å². The van der Waals surface area contributed by atoms with Crippen LogP contribution in [0.25, 0.3) is 0 Å². The van der Waals surface area contributed by atoms with Crippen LogP contribution in [0.2, 0.25) is 0 Å². The predicted octanol–water partition coefficient (Wildman–Crippen LogP) is 3.58. The molecule has 0 radical (unpaired) electrons. The summed E-state index contributed by atoms with van der Waals surface area (Å²) in [6.07, 6.45) is 1.63. The van der Waals surface area contributed by atoms with Gasteiger partial charge in [-0.1, -0.05) is 17.7 Å². The van der Waals surface area contributed by atoms with E-state index in [1.54, 1.807) is 29.7 Å². The minimum Gasteiger partial charge on any atom is -0.267 e. The van der Waals surface area contributed by atoms with Crippen molar-refractivity contribution in [1.82, 2.24) is 5.43 Å². The van der Waals surface area contributed by atoms with Gasteiger partial charge in [-0.15, -0.1) is 11.3 Å². The van der Waals surface area contributed by atoms with Gasteiger partial charge in [0.1, 0.15) is 0 Å². The Bertz CT molecular complexity index is 575. The molecule has 0 atom stereocenters. The molecule has 1 amide bonds. The highest BCUT2D eigenvalue weighted by molar-refractivity contribution is 9.11. The lowest BCUT2D eigenvalue weighted by Crippen LogP contribution is -2.17. The van der Waals surface area contributed by atoms with Crippen molar-refractivity contribution in [3.8, 4) is 0 Å². The SMILES string of the molecule is Cc1ccc(C(=O)NN=Cc2ccc(Br)s2)cc1. The molecule has 5 heteroatoms. The van der Waals surface area contributed by atoms with Crippen molar-refractivity contribution in [2.45, 2.75) is 6.92 Å². The molecule has 3 nitrogen and oxygen atoms in total. The van der Waals surface area contributed by atoms with Gasteiger partial charge in [-0.3, -0.25) is 4.79 Å². The van der Waals surface area contributed by atoms with E-state index < -0.39 is 0 Å². The highest BCUT2D eigenvalue weighted by Gasteiger charge is 2.02. The molecule has 0 bridgehead atoms. The van der Waals surface area contributed by atoms with Crippen molar-refractivity contribution >= 4 is 39.4 Å². The molecule has 0 spiro atoms. The molecular weight excluding hydrogens is 312 g/mol. The third-order valence-electron chi connectivity index (χ3n) is 2.27. The molecule has 2 rings (SSSR count). The van der Waals surface area contributed by atoms with E-state index in [0.29, 0.717) is 5.56 Å². The highest BCUT2D eigenvalue weighted by atomic mass is 79.9. The number of carbonyl (C=O) groups is 1. The van der Waals surface area contributed by atoms with Gasteiger partial charge < -0.3 is 0 Å². The molecule has 0 saturated heterocycles. The van der Waals surface area contributed by atoms with Gasteiger partial charge in [0.15, 0.2) is 0 Å². The number of hydrogen-bond acceptors (Lipinski definition) is 3. The smallest absolute Gasteiger partial charge is 0.267 e. The van der Waals surface area contributed by atoms with Gasteiger partial charge in [0.25, 0.3) is 5.91 Å². The number of rotatable bonds is 3. The van der Waals surface area contributed by atoms with E-state index in [4.69, 9.17) is 0 Å². The lowest BCUT2D eigenvalue weighted by atomic mass is 10.1. The zero-order chi connectivity index (χ0) is 13.0. The van der Waals surface area contributed by atoms with Crippen LogP contribution < -0.4 is 5.43 Å². The minimum absolute atomic E-state index is 0.207. The van der Waals surface area contributed by atoms with Crippen LogP contribution in [0, 0.1) is 6.92 Å². The van der Waals surface area contributed by atoms with Crippen molar-refractivity contribution in [3.05, 3.63) is 56.2 Å². The fourth-order valence-corrected chi connectivity index (χ4v) is 2.62. The number of benzene rings is 1. The first-order valence-corrected chi connectivity index (χ1v) is 6.91. The van der Waals surface area contributed by atoms with Crippen molar-refractivity contribution in [3.63, 3.8) is 0 Å². The van der Waals surface area contributed by atoms with Crippen molar-refractivity contribution in [2.75, 3.05) is 0 Å². The second kappa shape index (κ2) is 5.93. The fraction of sp³-hybridized carbons (Fsp3) is 0.0769. The Kier molecular flexibility index (Phi) is 4.28. The molecule has 1 aromatic heterocycles. The van der Waals surface area contributed by atoms with E-state index >= 15 is 0 Å². The van der Waals surface area contributed by atoms with Crippen molar-refractivity contribution < 1.29 is 4.79 Å². The lowest BCUT2D eigenvalue weighted by Gasteiger charge is -1.99. The fourth-order valence-electron chi connectivity index (χ4n) is 1.32. The Labute approximate surface area is 118 Å². The number of hydrogen-bond donors (Lipinski definition) is 1. The van der Waals surface area contributed by atoms with Gasteiger partial charge in [0.05, 0.1) is 10.0 Å². The van der Waals surface area contributed by atoms with Gasteiger partial charge in [-0.25, -0.2) is 5.43 Å². The normalized spacial score (nSPS) is 10.8. The first-order valence-electron chi connectivity index (χ1n) is 5.30. The summed E-state index contributed by atoms with van der Waals surface area (Å²) in [4.78, 5) is 12.7. The number of nitrogens with zero attached hydrogens (tertiary/aromatic N) is 1. The third kappa shape index (κ3) is 3.51. The van der Waals surface area contributed by atoms with Gasteiger partial charge in [0.2, 0.25) is 0 Å². The van der Waals surface area contributed by atoms with Crippen LogP contribution in [0.15, 0.2) is 45.3 Å². The van der Waals surface area contributed by atoms with E-state index in [2.05, 4.69) is 26.5 Å². The second-order valence-electron chi connectivity index (χ2n) is 3.71. The molecule has 0 saturated carbocycles. The average Bonchev–Trinajstić information content (AvgIpc) is 2.76. The number of aryl methyl sites for hydroxylation is 1. The Morgan fingerprint density at radius 3 is 2.61 bits per heavy atom. The summed E-state index contributed by atoms with van der Waals surface area (Å²) >= 11 is 4.92. The van der Waals surface area contributed by atoms with Crippen LogP contribution in [-0.2, 0) is 0 Å². The lowest BCUT2D eigenvalue weighted by molar-refractivity contribution is 0.0955. The van der Waals surface area contributed by atoms with Crippen LogP contribution in [0.3, 0.4) is 0 Å². The molecule has 0 unspecified atom stereocenters. The maximum atomic E-state index is 11.7. The third-order valence-corrected chi connectivity index (χ3v) is 3.82. The van der Waals surface area contributed by atoms with E-state index in [1.165, 1.54) is 0 Å². The molecule has 0 aliphatic carbocycles. The number of thiophene rings is 1. The minimum atomic E-state index is -0.207. The Hall–Kier alpha value is -1.46. The maximum Gasteiger partial charge on any atom is 0.271 e. The van der Waals surface area contributed by atoms with Gasteiger partial charge in [0, 0.05) is 10.4 Å². The van der Waals surface area contributed by atoms with E-state index in [9.17, 15) is 4.79 Å². The topological polar surface area (TPSA) is 41.5 Å². The van der Waals surface area contributed by atoms with Crippen molar-refractivity contribution in [2.24, 2.45) is 5.10 Å². The summed E-state index contributed by atoms with van der Waals surface area (Å²) in [6.45, 7) is 1.98. The number of carbonyl (C=O) groups excluding carboxylic acids is 1. The predicted molar refractivity (Wildman–Crippen MR) is 78.3 cm³/mol. The summed E-state index contributed by atoms with van der Waals surface area (Å²) in [5.74, 6) is -0.207. The van der Waals surface area contributed by atoms with Crippen LogP contribution in [0.1, 0.15) is 20.8 Å². The molecule has 0 fully saturated rings. The molecule has 1 heterocycles. The summed E-state index contributed by atoms with van der Waals surface area (Å²) in [5.41, 5.74) is 4.22. The Balaban J connectivity index is 1.96. The number of hydrazone groups is 1. The zero-order valence-electron chi connectivity index (χ0n) is 9.68. The number of amides is 1. The molecule has 92 valence electrons. The van der Waals surface area contributed by atoms with E-state index in [0.717, 1.165) is 14.2 Å². The summed E-state index contributed by atoms with van der Waals surface area (Å²) in [7, 11) is 0. The van der Waals surface area contributed by atoms with Crippen LogP contribution in [0.4, 0.5) is 0 Å². The summed E-state index contributed by atoms with van der Waals surface area (Å²) in [6, 6.07) is 11.2. The quantitative estimate of drug-likeness (QED) is 0.681. The average molecular weight is 323 g/mol. The molecular formula is C13H11BrN2OS. The highest BCUT2D eigenvalue weighted by Crippen LogP contribution is 2.20. The molecule has 0 aliphatic rings. The van der Waals surface area contributed by atoms with E-state index in [1.807, 2.05) is 31.2 Å². The van der Waals surface area contributed by atoms with Gasteiger partial charge >= 0.3 is 0 Å². The Morgan fingerprint density at radius 2 is 2.00 bits per heavy atom. The standard InChI is InChI=1S/C13H11BrN2OS/c1-9-2-4-10(5-3-9)13(17)16-15-8-11-6-7-12(14)18-11/h2-8H,1H3,(H,16,17). The molecule has 2 aromatic rings. The molecule has 1 aromatic carbocycles. The number of nitrogens with one attached hydrogen (secondary N) is 1. The molecule has 1 N–H and O–H groups in total. The van der Waals surface area contributed by atoms with Gasteiger partial charge in [-0.05, 0) is 47.1 Å². The van der Waals surface area contributed by atoms with Crippen LogP contribution in [-0.4, -0.2) is 12.1 Å². The zero-order valence-corrected chi connectivity index (χ0v) is 12.1. The summed E-state index contributed by atoms with van der Waals surface area (Å²) in [5, 5.41) is 3.92. The number of halogens is 1.